The molecule has 2 saturated heterocycles. The van der Waals surface area contributed by atoms with Crippen molar-refractivity contribution in [1.29, 1.82) is 0 Å². The van der Waals surface area contributed by atoms with Crippen LogP contribution in [-0.4, -0.2) is 116 Å². The molecule has 2 heterocycles. The summed E-state index contributed by atoms with van der Waals surface area (Å²) in [5.41, 5.74) is 0. The second-order valence-corrected chi connectivity index (χ2v) is 8.94. The van der Waals surface area contributed by atoms with Crippen LogP contribution in [0.1, 0.15) is 51.4 Å². The average molecular weight is 509 g/mol. The van der Waals surface area contributed by atoms with Gasteiger partial charge in [-0.15, -0.1) is 6.58 Å². The molecular weight excluding hydrogens is 468 g/mol. The first kappa shape index (κ1) is 30.0. The maximum absolute atomic E-state index is 12.4. The lowest BCUT2D eigenvalue weighted by molar-refractivity contribution is -0.376. The molecule has 0 radical (unpaired) electrons. The van der Waals surface area contributed by atoms with Crippen molar-refractivity contribution < 1.29 is 59.5 Å². The van der Waals surface area contributed by atoms with Crippen LogP contribution >= 0.6 is 0 Å². The number of unbranched alkanes of at least 4 members (excludes halogenated alkanes) is 6. The molecule has 0 bridgehead atoms. The summed E-state index contributed by atoms with van der Waals surface area (Å²) < 4.78 is 21.6. The molecule has 0 spiro atoms. The van der Waals surface area contributed by atoms with Crippen molar-refractivity contribution in [3.8, 4) is 0 Å². The smallest absolute Gasteiger partial charge is 0.306 e. The first-order valence-electron chi connectivity index (χ1n) is 12.1. The minimum atomic E-state index is -1.77. The maximum Gasteiger partial charge on any atom is 0.306 e. The monoisotopic (exact) mass is 508 g/mol. The lowest BCUT2D eigenvalue weighted by atomic mass is 9.98. The Morgan fingerprint density at radius 1 is 0.743 bits per heavy atom. The second-order valence-electron chi connectivity index (χ2n) is 8.94. The Kier molecular flexibility index (Phi) is 13.0. The zero-order valence-corrected chi connectivity index (χ0v) is 19.8. The minimum Gasteiger partial charge on any atom is -0.454 e. The van der Waals surface area contributed by atoms with Crippen molar-refractivity contribution >= 4 is 5.97 Å². The normalized spacial score (nSPS) is 37.7. The van der Waals surface area contributed by atoms with Gasteiger partial charge < -0.3 is 54.7 Å². The van der Waals surface area contributed by atoms with Crippen LogP contribution in [0, 0.1) is 0 Å². The van der Waals surface area contributed by atoms with E-state index >= 15 is 0 Å². The van der Waals surface area contributed by atoms with Gasteiger partial charge in [0.15, 0.2) is 12.4 Å². The summed E-state index contributed by atoms with van der Waals surface area (Å²) in [4.78, 5) is 12.4. The molecule has 0 saturated carbocycles. The summed E-state index contributed by atoms with van der Waals surface area (Å²) in [6, 6.07) is 0. The number of aliphatic hydroxyl groups is 7. The molecule has 10 atom stereocenters. The molecule has 0 unspecified atom stereocenters. The van der Waals surface area contributed by atoms with E-state index in [4.69, 9.17) is 18.9 Å². The van der Waals surface area contributed by atoms with Crippen molar-refractivity contribution in [1.82, 2.24) is 0 Å². The predicted octanol–water partition coefficient (Wildman–Crippen LogP) is -1.54. The van der Waals surface area contributed by atoms with Gasteiger partial charge in [0.05, 0.1) is 13.2 Å². The molecule has 0 aromatic carbocycles. The van der Waals surface area contributed by atoms with Gasteiger partial charge in [-0.2, -0.15) is 0 Å². The molecule has 0 aromatic rings. The van der Waals surface area contributed by atoms with Gasteiger partial charge in [0.25, 0.3) is 0 Å². The van der Waals surface area contributed by atoms with Gasteiger partial charge in [0.1, 0.15) is 42.7 Å². The highest BCUT2D eigenvalue weighted by molar-refractivity contribution is 5.69. The van der Waals surface area contributed by atoms with Gasteiger partial charge in [0, 0.05) is 6.42 Å². The van der Waals surface area contributed by atoms with Gasteiger partial charge in [-0.25, -0.2) is 0 Å². The highest BCUT2D eigenvalue weighted by Gasteiger charge is 2.51. The van der Waals surface area contributed by atoms with Gasteiger partial charge in [-0.3, -0.25) is 4.79 Å². The Morgan fingerprint density at radius 2 is 1.29 bits per heavy atom. The Bertz CT molecular complexity index is 632. The van der Waals surface area contributed by atoms with E-state index in [2.05, 4.69) is 6.58 Å². The van der Waals surface area contributed by atoms with E-state index in [1.54, 1.807) is 0 Å². The molecule has 12 heteroatoms. The SMILES string of the molecule is C=CCCCCCCCCC(=O)O[C@H]1[C@@H](O[C@H]2O[C@H](CO)[C@@H](O)[C@H](O)[C@H]2O)O[C@H](CO)[C@@H](O)[C@@H]1O. The summed E-state index contributed by atoms with van der Waals surface area (Å²) in [5.74, 6) is -0.665. The first-order valence-corrected chi connectivity index (χ1v) is 12.1. The number of ether oxygens (including phenoxy) is 4. The molecule has 35 heavy (non-hydrogen) atoms. The van der Waals surface area contributed by atoms with Crippen LogP contribution < -0.4 is 0 Å². The lowest BCUT2D eigenvalue weighted by Crippen LogP contribution is -2.64. The zero-order valence-electron chi connectivity index (χ0n) is 19.8. The van der Waals surface area contributed by atoms with E-state index in [0.717, 1.165) is 38.5 Å². The predicted molar refractivity (Wildman–Crippen MR) is 120 cm³/mol. The second kappa shape index (κ2) is 15.2. The number of esters is 1. The van der Waals surface area contributed by atoms with Crippen molar-refractivity contribution in [3.05, 3.63) is 12.7 Å². The van der Waals surface area contributed by atoms with E-state index in [1.807, 2.05) is 6.08 Å². The fraction of sp³-hybridized carbons (Fsp3) is 0.870. The molecule has 2 rings (SSSR count). The van der Waals surface area contributed by atoms with Crippen molar-refractivity contribution in [2.24, 2.45) is 0 Å². The molecule has 2 fully saturated rings. The average Bonchev–Trinajstić information content (AvgIpc) is 2.85. The highest BCUT2D eigenvalue weighted by atomic mass is 16.8. The number of carbonyl (C=O) groups is 1. The molecule has 0 amide bonds. The van der Waals surface area contributed by atoms with E-state index in [9.17, 15) is 40.5 Å². The van der Waals surface area contributed by atoms with Crippen LogP contribution in [0.5, 0.6) is 0 Å². The first-order chi connectivity index (χ1) is 16.7. The molecular formula is C23H40O12. The quantitative estimate of drug-likeness (QED) is 0.0813. The van der Waals surface area contributed by atoms with E-state index < -0.39 is 80.6 Å². The summed E-state index contributed by atoms with van der Waals surface area (Å²) in [7, 11) is 0. The van der Waals surface area contributed by atoms with Crippen LogP contribution in [0.2, 0.25) is 0 Å². The standard InChI is InChI=1S/C23H40O12/c1-2-3-4-5-6-7-8-9-10-15(26)34-21-19(30)17(28)14(12-25)33-23(21)35-22-20(31)18(29)16(27)13(11-24)32-22/h2,13-14,16-25,27-31H,1,3-12H2/t13-,14-,16-,17-,18+,19+,20-,21-,22-,23-/m1/s1. The van der Waals surface area contributed by atoms with Crippen molar-refractivity contribution in [2.45, 2.75) is 113 Å². The third-order valence-corrected chi connectivity index (χ3v) is 6.25. The molecule has 2 aliphatic rings. The lowest BCUT2D eigenvalue weighted by Gasteiger charge is -2.45. The topological polar surface area (TPSA) is 196 Å². The maximum atomic E-state index is 12.4. The largest absolute Gasteiger partial charge is 0.454 e. The van der Waals surface area contributed by atoms with E-state index in [1.165, 1.54) is 0 Å². The van der Waals surface area contributed by atoms with Gasteiger partial charge in [0.2, 0.25) is 6.29 Å². The van der Waals surface area contributed by atoms with E-state index in [-0.39, 0.29) is 6.42 Å². The number of aliphatic hydroxyl groups excluding tert-OH is 7. The van der Waals surface area contributed by atoms with Crippen LogP contribution in [0.15, 0.2) is 12.7 Å². The Balaban J connectivity index is 1.96. The summed E-state index contributed by atoms with van der Waals surface area (Å²) in [6.07, 6.45) is -7.26. The van der Waals surface area contributed by atoms with Crippen molar-refractivity contribution in [2.75, 3.05) is 13.2 Å². The van der Waals surface area contributed by atoms with Gasteiger partial charge in [-0.05, 0) is 19.3 Å². The van der Waals surface area contributed by atoms with Crippen LogP contribution in [0.3, 0.4) is 0 Å². The molecule has 0 aliphatic carbocycles. The number of hydrogen-bond acceptors (Lipinski definition) is 12. The summed E-state index contributed by atoms with van der Waals surface area (Å²) in [6.45, 7) is 2.30. The fourth-order valence-electron chi connectivity index (χ4n) is 4.08. The zero-order chi connectivity index (χ0) is 26.0. The summed E-state index contributed by atoms with van der Waals surface area (Å²) in [5, 5.41) is 69.7. The Labute approximate surface area is 204 Å². The molecule has 204 valence electrons. The number of carbonyl (C=O) groups excluding carboxylic acids is 1. The molecule has 12 nitrogen and oxygen atoms in total. The third-order valence-electron chi connectivity index (χ3n) is 6.25. The number of hydrogen-bond donors (Lipinski definition) is 7. The fourth-order valence-corrected chi connectivity index (χ4v) is 4.08. The number of allylic oxidation sites excluding steroid dienone is 1. The summed E-state index contributed by atoms with van der Waals surface area (Å²) >= 11 is 0. The van der Waals surface area contributed by atoms with Crippen LogP contribution in [0.25, 0.3) is 0 Å². The van der Waals surface area contributed by atoms with Crippen LogP contribution in [-0.2, 0) is 23.7 Å². The molecule has 0 aromatic heterocycles. The van der Waals surface area contributed by atoms with E-state index in [0.29, 0.717) is 6.42 Å². The van der Waals surface area contributed by atoms with Gasteiger partial charge in [-0.1, -0.05) is 31.8 Å². The Morgan fingerprint density at radius 3 is 1.89 bits per heavy atom. The van der Waals surface area contributed by atoms with Crippen LogP contribution in [0.4, 0.5) is 0 Å². The Hall–Kier alpha value is -1.19. The van der Waals surface area contributed by atoms with Crippen molar-refractivity contribution in [3.63, 3.8) is 0 Å². The molecule has 7 N–H and O–H groups in total. The third kappa shape index (κ3) is 8.42. The van der Waals surface area contributed by atoms with Gasteiger partial charge >= 0.3 is 5.97 Å². The minimum absolute atomic E-state index is 0.0577. The highest BCUT2D eigenvalue weighted by Crippen LogP contribution is 2.29. The molecule has 2 aliphatic heterocycles. The number of rotatable bonds is 14.